The zero-order valence-corrected chi connectivity index (χ0v) is 22.3. The summed E-state index contributed by atoms with van der Waals surface area (Å²) >= 11 is 0. The third-order valence-corrected chi connectivity index (χ3v) is 6.99. The van der Waals surface area contributed by atoms with Gasteiger partial charge in [-0.05, 0) is 73.2 Å². The van der Waals surface area contributed by atoms with Crippen molar-refractivity contribution in [2.75, 3.05) is 13.1 Å². The molecule has 0 aromatic heterocycles. The van der Waals surface area contributed by atoms with Crippen molar-refractivity contribution in [3.05, 3.63) is 117 Å². The van der Waals surface area contributed by atoms with Crippen molar-refractivity contribution in [2.24, 2.45) is 0 Å². The zero-order chi connectivity index (χ0) is 28.8. The molecule has 0 heterocycles. The molecule has 2 amide bonds. The highest BCUT2D eigenvalue weighted by molar-refractivity contribution is 6.23. The minimum atomic E-state index is -1.34. The molecule has 204 valence electrons. The highest BCUT2D eigenvalue weighted by Gasteiger charge is 2.25. The average molecular weight is 539 g/mol. The molecule has 0 spiro atoms. The topological polar surface area (TPSA) is 133 Å². The smallest absolute Gasteiger partial charge is 0.336 e. The van der Waals surface area contributed by atoms with Gasteiger partial charge in [0.15, 0.2) is 0 Å². The molecule has 0 atom stereocenters. The third-order valence-electron chi connectivity index (χ3n) is 6.99. The largest absolute Gasteiger partial charge is 0.478 e. The van der Waals surface area contributed by atoms with Crippen molar-refractivity contribution in [1.29, 1.82) is 0 Å². The fourth-order valence-electron chi connectivity index (χ4n) is 4.82. The number of aromatic carboxylic acids is 2. The molecular formula is C32H30N2O6. The lowest BCUT2D eigenvalue weighted by Crippen LogP contribution is -2.28. The molecule has 0 aliphatic heterocycles. The zero-order valence-electron chi connectivity index (χ0n) is 22.3. The van der Waals surface area contributed by atoms with Crippen LogP contribution in [-0.2, 0) is 12.8 Å². The number of carboxylic acid groups (broad SMARTS) is 2. The van der Waals surface area contributed by atoms with Crippen molar-refractivity contribution in [3.8, 4) is 0 Å². The van der Waals surface area contributed by atoms with E-state index < -0.39 is 23.8 Å². The molecule has 8 nitrogen and oxygen atoms in total. The van der Waals surface area contributed by atoms with E-state index in [1.54, 1.807) is 0 Å². The first-order valence-corrected chi connectivity index (χ1v) is 12.9. The molecule has 4 rings (SSSR count). The molecule has 4 aromatic rings. The first-order chi connectivity index (χ1) is 19.2. The van der Waals surface area contributed by atoms with Gasteiger partial charge in [-0.25, -0.2) is 9.59 Å². The van der Waals surface area contributed by atoms with Gasteiger partial charge in [0, 0.05) is 35.0 Å². The maximum absolute atomic E-state index is 13.3. The van der Waals surface area contributed by atoms with Gasteiger partial charge in [0.05, 0.1) is 11.1 Å². The van der Waals surface area contributed by atoms with Gasteiger partial charge >= 0.3 is 11.9 Å². The maximum Gasteiger partial charge on any atom is 0.336 e. The molecule has 0 saturated heterocycles. The van der Waals surface area contributed by atoms with Gasteiger partial charge in [-0.3, -0.25) is 9.59 Å². The van der Waals surface area contributed by atoms with Crippen molar-refractivity contribution >= 4 is 34.5 Å². The summed E-state index contributed by atoms with van der Waals surface area (Å²) in [5.74, 6) is -3.80. The Bertz CT molecular complexity index is 1510. The van der Waals surface area contributed by atoms with Crippen LogP contribution in [0.15, 0.2) is 72.8 Å². The SMILES string of the molecule is Cc1ccccc1CCNC(=O)c1ccc(C(=O)NCCc2ccccc2C)c2c(C(=O)O)ccc(C(=O)O)c12. The van der Waals surface area contributed by atoms with E-state index in [-0.39, 0.29) is 46.1 Å². The predicted molar refractivity (Wildman–Crippen MR) is 152 cm³/mol. The summed E-state index contributed by atoms with van der Waals surface area (Å²) in [6.45, 7) is 4.52. The Morgan fingerprint density at radius 2 is 0.900 bits per heavy atom. The summed E-state index contributed by atoms with van der Waals surface area (Å²) in [5, 5.41) is 25.3. The Kier molecular flexibility index (Phi) is 8.59. The van der Waals surface area contributed by atoms with Gasteiger partial charge in [0.2, 0.25) is 0 Å². The van der Waals surface area contributed by atoms with Crippen LogP contribution in [0, 0.1) is 13.8 Å². The summed E-state index contributed by atoms with van der Waals surface area (Å²) in [7, 11) is 0. The van der Waals surface area contributed by atoms with E-state index in [9.17, 15) is 29.4 Å². The van der Waals surface area contributed by atoms with Crippen molar-refractivity contribution in [1.82, 2.24) is 10.6 Å². The molecular weight excluding hydrogens is 508 g/mol. The molecule has 0 bridgehead atoms. The molecule has 40 heavy (non-hydrogen) atoms. The van der Waals surface area contributed by atoms with Gasteiger partial charge < -0.3 is 20.8 Å². The number of hydrogen-bond acceptors (Lipinski definition) is 4. The Labute approximate surface area is 231 Å². The number of carbonyl (C=O) groups excluding carboxylic acids is 2. The number of nitrogens with one attached hydrogen (secondary N) is 2. The first-order valence-electron chi connectivity index (χ1n) is 12.9. The molecule has 0 fully saturated rings. The second-order valence-electron chi connectivity index (χ2n) is 9.55. The first kappa shape index (κ1) is 28.0. The van der Waals surface area contributed by atoms with E-state index in [0.717, 1.165) is 34.4 Å². The number of hydrogen-bond donors (Lipinski definition) is 4. The van der Waals surface area contributed by atoms with Crippen LogP contribution in [0.2, 0.25) is 0 Å². The monoisotopic (exact) mass is 538 g/mol. The molecule has 4 aromatic carbocycles. The van der Waals surface area contributed by atoms with E-state index in [2.05, 4.69) is 10.6 Å². The van der Waals surface area contributed by atoms with Crippen LogP contribution in [0.1, 0.15) is 63.7 Å². The van der Waals surface area contributed by atoms with Crippen molar-refractivity contribution < 1.29 is 29.4 Å². The minimum Gasteiger partial charge on any atom is -0.478 e. The Hall–Kier alpha value is -4.98. The molecule has 0 saturated carbocycles. The Morgan fingerprint density at radius 3 is 1.25 bits per heavy atom. The van der Waals surface area contributed by atoms with Crippen LogP contribution in [-0.4, -0.2) is 47.1 Å². The lowest BCUT2D eigenvalue weighted by molar-refractivity contribution is 0.0684. The van der Waals surface area contributed by atoms with Crippen LogP contribution in [0.25, 0.3) is 10.8 Å². The van der Waals surface area contributed by atoms with Gasteiger partial charge in [-0.15, -0.1) is 0 Å². The quantitative estimate of drug-likeness (QED) is 0.229. The summed E-state index contributed by atoms with van der Waals surface area (Å²) in [6.07, 6.45) is 1.12. The van der Waals surface area contributed by atoms with Crippen LogP contribution in [0.3, 0.4) is 0 Å². The van der Waals surface area contributed by atoms with E-state index in [4.69, 9.17) is 0 Å². The standard InChI is InChI=1S/C32H30N2O6/c1-19-7-3-5-9-21(19)15-17-33-29(35)23-11-12-24(30(36)34-18-16-22-10-6-4-8-20(22)2)28-26(32(39)40)14-13-25(27(23)28)31(37)38/h3-14H,15-18H2,1-2H3,(H,33,35)(H,34,36)(H,37,38)(H,39,40). The molecule has 0 radical (unpaired) electrons. The molecule has 8 heteroatoms. The third kappa shape index (κ3) is 6.02. The van der Waals surface area contributed by atoms with E-state index in [1.165, 1.54) is 12.1 Å². The van der Waals surface area contributed by atoms with Crippen molar-refractivity contribution in [3.63, 3.8) is 0 Å². The van der Waals surface area contributed by atoms with Crippen LogP contribution in [0.4, 0.5) is 0 Å². The van der Waals surface area contributed by atoms with E-state index >= 15 is 0 Å². The normalized spacial score (nSPS) is 10.8. The van der Waals surface area contributed by atoms with Crippen LogP contribution in [0.5, 0.6) is 0 Å². The lowest BCUT2D eigenvalue weighted by atomic mass is 9.90. The second-order valence-corrected chi connectivity index (χ2v) is 9.55. The summed E-state index contributed by atoms with van der Waals surface area (Å²) in [5.41, 5.74) is 3.72. The summed E-state index contributed by atoms with van der Waals surface area (Å²) in [4.78, 5) is 50.9. The van der Waals surface area contributed by atoms with Crippen LogP contribution < -0.4 is 10.6 Å². The van der Waals surface area contributed by atoms with Gasteiger partial charge in [-0.1, -0.05) is 48.5 Å². The van der Waals surface area contributed by atoms with E-state index in [0.29, 0.717) is 12.8 Å². The number of amides is 2. The molecule has 0 unspecified atom stereocenters. The number of carbonyl (C=O) groups is 4. The highest BCUT2D eigenvalue weighted by atomic mass is 16.4. The number of rotatable bonds is 10. The number of aryl methyl sites for hydroxylation is 2. The lowest BCUT2D eigenvalue weighted by Gasteiger charge is -2.16. The maximum atomic E-state index is 13.3. The second kappa shape index (κ2) is 12.3. The molecule has 0 aliphatic carbocycles. The Balaban J connectivity index is 1.69. The fraction of sp³-hybridized carbons (Fsp3) is 0.188. The number of fused-ring (bicyclic) bond motifs is 1. The minimum absolute atomic E-state index is 0.0169. The predicted octanol–water partition coefficient (Wildman–Crippen LogP) is 4.80. The van der Waals surface area contributed by atoms with Gasteiger partial charge in [-0.2, -0.15) is 0 Å². The number of benzene rings is 4. The average Bonchev–Trinajstić information content (AvgIpc) is 2.93. The highest BCUT2D eigenvalue weighted by Crippen LogP contribution is 2.30. The summed E-state index contributed by atoms with van der Waals surface area (Å²) in [6, 6.07) is 20.6. The van der Waals surface area contributed by atoms with Crippen LogP contribution >= 0.6 is 0 Å². The fourth-order valence-corrected chi connectivity index (χ4v) is 4.82. The Morgan fingerprint density at radius 1 is 0.550 bits per heavy atom. The van der Waals surface area contributed by atoms with Crippen molar-refractivity contribution in [2.45, 2.75) is 26.7 Å². The summed E-state index contributed by atoms with van der Waals surface area (Å²) < 4.78 is 0. The molecule has 4 N–H and O–H groups in total. The van der Waals surface area contributed by atoms with E-state index in [1.807, 2.05) is 62.4 Å². The van der Waals surface area contributed by atoms with Gasteiger partial charge in [0.25, 0.3) is 11.8 Å². The number of carboxylic acids is 2. The molecule has 0 aliphatic rings. The van der Waals surface area contributed by atoms with Gasteiger partial charge in [0.1, 0.15) is 0 Å².